The maximum atomic E-state index is 12.9. The quantitative estimate of drug-likeness (QED) is 0.597. The fourth-order valence-electron chi connectivity index (χ4n) is 3.41. The van der Waals surface area contributed by atoms with E-state index >= 15 is 0 Å². The summed E-state index contributed by atoms with van der Waals surface area (Å²) in [6.45, 7) is 2.61. The minimum atomic E-state index is -3.97. The van der Waals surface area contributed by atoms with Gasteiger partial charge in [0, 0.05) is 20.0 Å². The van der Waals surface area contributed by atoms with Crippen LogP contribution in [-0.4, -0.2) is 44.4 Å². The fourth-order valence-corrected chi connectivity index (χ4v) is 6.01. The van der Waals surface area contributed by atoms with Crippen molar-refractivity contribution < 1.29 is 21.3 Å². The van der Waals surface area contributed by atoms with Gasteiger partial charge in [0.05, 0.1) is 21.0 Å². The molecule has 0 atom stereocenters. The molecule has 164 valence electrons. The second kappa shape index (κ2) is 8.40. The number of hydrogen-bond acceptors (Lipinski definition) is 7. The van der Waals surface area contributed by atoms with Crippen molar-refractivity contribution >= 4 is 25.7 Å². The second-order valence-corrected chi connectivity index (χ2v) is 10.8. The molecule has 3 aromatic rings. The molecule has 1 saturated heterocycles. The molecule has 0 spiro atoms. The van der Waals surface area contributed by atoms with Crippen molar-refractivity contribution in [2.45, 2.75) is 36.0 Å². The van der Waals surface area contributed by atoms with E-state index in [-0.39, 0.29) is 21.4 Å². The summed E-state index contributed by atoms with van der Waals surface area (Å²) in [6, 6.07) is 11.9. The van der Waals surface area contributed by atoms with Crippen molar-refractivity contribution in [1.29, 1.82) is 0 Å². The Kier molecular flexibility index (Phi) is 5.82. The Hall–Kier alpha value is -2.76. The number of para-hydroxylation sites is 1. The standard InChI is InChI=1S/C20H22N4O5S2/c1-15-21-22-20(29-15)18-7-3-4-8-19(18)23-30(25,26)16-9-11-17(12-10-16)31(27,28)24-13-5-2-6-14-24/h3-4,7-12,23H,2,5-6,13-14H2,1H3. The van der Waals surface area contributed by atoms with Gasteiger partial charge < -0.3 is 4.42 Å². The van der Waals surface area contributed by atoms with Crippen LogP contribution in [0.3, 0.4) is 0 Å². The third-order valence-corrected chi connectivity index (χ3v) is 8.31. The third kappa shape index (κ3) is 4.48. The first-order valence-electron chi connectivity index (χ1n) is 9.80. The Bertz CT molecular complexity index is 1280. The fraction of sp³-hybridized carbons (Fsp3) is 0.300. The topological polar surface area (TPSA) is 122 Å². The van der Waals surface area contributed by atoms with Crippen molar-refractivity contribution in [2.75, 3.05) is 17.8 Å². The number of nitrogens with zero attached hydrogens (tertiary/aromatic N) is 3. The van der Waals surface area contributed by atoms with E-state index in [1.54, 1.807) is 31.2 Å². The molecule has 1 fully saturated rings. The van der Waals surface area contributed by atoms with E-state index in [1.807, 2.05) is 0 Å². The Labute approximate surface area is 181 Å². The molecule has 11 heteroatoms. The first-order valence-corrected chi connectivity index (χ1v) is 12.7. The Morgan fingerprint density at radius 2 is 1.52 bits per heavy atom. The molecule has 2 aromatic carbocycles. The molecular formula is C20H22N4O5S2. The van der Waals surface area contributed by atoms with Gasteiger partial charge in [-0.25, -0.2) is 16.8 Å². The van der Waals surface area contributed by atoms with E-state index in [2.05, 4.69) is 14.9 Å². The van der Waals surface area contributed by atoms with Crippen LogP contribution in [-0.2, 0) is 20.0 Å². The predicted octanol–water partition coefficient (Wildman–Crippen LogP) is 3.02. The van der Waals surface area contributed by atoms with Gasteiger partial charge in [-0.05, 0) is 49.2 Å². The lowest BCUT2D eigenvalue weighted by molar-refractivity contribution is 0.346. The molecule has 0 aliphatic carbocycles. The molecule has 0 saturated carbocycles. The van der Waals surface area contributed by atoms with Crippen molar-refractivity contribution in [3.63, 3.8) is 0 Å². The molecule has 31 heavy (non-hydrogen) atoms. The van der Waals surface area contributed by atoms with Crippen molar-refractivity contribution in [3.05, 3.63) is 54.4 Å². The number of hydrogen-bond donors (Lipinski definition) is 1. The number of benzene rings is 2. The largest absolute Gasteiger partial charge is 0.421 e. The van der Waals surface area contributed by atoms with Gasteiger partial charge in [-0.1, -0.05) is 18.6 Å². The summed E-state index contributed by atoms with van der Waals surface area (Å²) in [5.41, 5.74) is 0.715. The average molecular weight is 463 g/mol. The van der Waals surface area contributed by atoms with Crippen LogP contribution in [0.5, 0.6) is 0 Å². The number of piperidine rings is 1. The van der Waals surface area contributed by atoms with Crippen LogP contribution in [0, 0.1) is 6.92 Å². The zero-order valence-corrected chi connectivity index (χ0v) is 18.5. The summed E-state index contributed by atoms with van der Waals surface area (Å²) < 4.78 is 60.8. The minimum Gasteiger partial charge on any atom is -0.421 e. The molecule has 0 bridgehead atoms. The third-order valence-electron chi connectivity index (χ3n) is 5.01. The van der Waals surface area contributed by atoms with Crippen LogP contribution in [0.4, 0.5) is 5.69 Å². The molecular weight excluding hydrogens is 440 g/mol. The molecule has 2 heterocycles. The summed E-state index contributed by atoms with van der Waals surface area (Å²) >= 11 is 0. The van der Waals surface area contributed by atoms with Gasteiger partial charge >= 0.3 is 0 Å². The molecule has 1 aliphatic heterocycles. The highest BCUT2D eigenvalue weighted by Gasteiger charge is 2.26. The summed E-state index contributed by atoms with van der Waals surface area (Å²) in [5.74, 6) is 0.553. The van der Waals surface area contributed by atoms with Crippen molar-refractivity contribution in [2.24, 2.45) is 0 Å². The van der Waals surface area contributed by atoms with Crippen LogP contribution in [0.15, 0.2) is 62.7 Å². The van der Waals surface area contributed by atoms with Gasteiger partial charge in [0.2, 0.25) is 21.8 Å². The molecule has 1 aromatic heterocycles. The number of aryl methyl sites for hydroxylation is 1. The number of sulfonamides is 2. The van der Waals surface area contributed by atoms with E-state index in [0.717, 1.165) is 19.3 Å². The van der Waals surface area contributed by atoms with Gasteiger partial charge in [-0.3, -0.25) is 4.72 Å². The summed E-state index contributed by atoms with van der Waals surface area (Å²) in [5, 5.41) is 7.71. The monoisotopic (exact) mass is 462 g/mol. The van der Waals surface area contributed by atoms with Gasteiger partial charge in [0.15, 0.2) is 0 Å². The van der Waals surface area contributed by atoms with Crippen LogP contribution >= 0.6 is 0 Å². The van der Waals surface area contributed by atoms with E-state index < -0.39 is 20.0 Å². The lowest BCUT2D eigenvalue weighted by Crippen LogP contribution is -2.35. The van der Waals surface area contributed by atoms with Gasteiger partial charge in [-0.2, -0.15) is 4.31 Å². The lowest BCUT2D eigenvalue weighted by atomic mass is 10.2. The summed E-state index contributed by atoms with van der Waals surface area (Å²) in [7, 11) is -7.61. The molecule has 0 unspecified atom stereocenters. The van der Waals surface area contributed by atoms with Gasteiger partial charge in [0.25, 0.3) is 10.0 Å². The van der Waals surface area contributed by atoms with Gasteiger partial charge in [0.1, 0.15) is 0 Å². The number of nitrogens with one attached hydrogen (secondary N) is 1. The highest BCUT2D eigenvalue weighted by atomic mass is 32.2. The molecule has 4 rings (SSSR count). The molecule has 1 aliphatic rings. The number of rotatable bonds is 6. The van der Waals surface area contributed by atoms with E-state index in [1.165, 1.54) is 28.6 Å². The Morgan fingerprint density at radius 1 is 0.871 bits per heavy atom. The first-order chi connectivity index (χ1) is 14.8. The highest BCUT2D eigenvalue weighted by Crippen LogP contribution is 2.29. The Morgan fingerprint density at radius 3 is 2.16 bits per heavy atom. The van der Waals surface area contributed by atoms with Crippen LogP contribution in [0.1, 0.15) is 25.2 Å². The predicted molar refractivity (Wildman–Crippen MR) is 114 cm³/mol. The first kappa shape index (κ1) is 21.5. The summed E-state index contributed by atoms with van der Waals surface area (Å²) in [4.78, 5) is 0.0247. The normalized spacial score (nSPS) is 15.6. The Balaban J connectivity index is 1.59. The van der Waals surface area contributed by atoms with E-state index in [4.69, 9.17) is 4.42 Å². The van der Waals surface area contributed by atoms with E-state index in [9.17, 15) is 16.8 Å². The van der Waals surface area contributed by atoms with Crippen molar-refractivity contribution in [1.82, 2.24) is 14.5 Å². The van der Waals surface area contributed by atoms with Crippen LogP contribution in [0.25, 0.3) is 11.5 Å². The lowest BCUT2D eigenvalue weighted by Gasteiger charge is -2.25. The molecule has 9 nitrogen and oxygen atoms in total. The zero-order valence-electron chi connectivity index (χ0n) is 16.9. The average Bonchev–Trinajstić information content (AvgIpc) is 3.20. The maximum Gasteiger partial charge on any atom is 0.261 e. The highest BCUT2D eigenvalue weighted by molar-refractivity contribution is 7.92. The second-order valence-electron chi connectivity index (χ2n) is 7.21. The molecule has 0 amide bonds. The van der Waals surface area contributed by atoms with Crippen LogP contribution in [0.2, 0.25) is 0 Å². The minimum absolute atomic E-state index is 0.0541. The number of aromatic nitrogens is 2. The van der Waals surface area contributed by atoms with E-state index in [0.29, 0.717) is 24.5 Å². The SMILES string of the molecule is Cc1nnc(-c2ccccc2NS(=O)(=O)c2ccc(S(=O)(=O)N3CCCCC3)cc2)o1. The number of anilines is 1. The summed E-state index contributed by atoms with van der Waals surface area (Å²) in [6.07, 6.45) is 2.67. The molecule has 0 radical (unpaired) electrons. The maximum absolute atomic E-state index is 12.9. The van der Waals surface area contributed by atoms with Crippen molar-refractivity contribution in [3.8, 4) is 11.5 Å². The van der Waals surface area contributed by atoms with Gasteiger partial charge in [-0.15, -0.1) is 10.2 Å². The van der Waals surface area contributed by atoms with Crippen LogP contribution < -0.4 is 4.72 Å². The zero-order chi connectivity index (χ0) is 22.1. The molecule has 1 N–H and O–H groups in total. The smallest absolute Gasteiger partial charge is 0.261 e.